The molecule has 0 atom stereocenters. The van der Waals surface area contributed by atoms with Gasteiger partial charge in [-0.3, -0.25) is 9.59 Å². The van der Waals surface area contributed by atoms with Crippen molar-refractivity contribution in [3.05, 3.63) is 29.3 Å². The minimum Gasteiger partial charge on any atom is -0.399 e. The number of hydrogen-bond acceptors (Lipinski definition) is 3. The van der Waals surface area contributed by atoms with Gasteiger partial charge in [-0.25, -0.2) is 0 Å². The molecule has 0 bridgehead atoms. The number of hydrogen-bond donors (Lipinski definition) is 1. The molecule has 1 fully saturated rings. The Kier molecular flexibility index (Phi) is 4.83. The van der Waals surface area contributed by atoms with E-state index in [0.29, 0.717) is 37.3 Å². The van der Waals surface area contributed by atoms with Crippen LogP contribution in [0.15, 0.2) is 18.2 Å². The molecule has 0 radical (unpaired) electrons. The third-order valence-corrected chi connectivity index (χ3v) is 3.92. The van der Waals surface area contributed by atoms with Crippen molar-refractivity contribution < 1.29 is 9.59 Å². The van der Waals surface area contributed by atoms with Gasteiger partial charge in [-0.05, 0) is 37.1 Å². The highest BCUT2D eigenvalue weighted by molar-refractivity contribution is 5.96. The molecule has 0 spiro atoms. The lowest BCUT2D eigenvalue weighted by Gasteiger charge is -2.22. The number of aryl methyl sites for hydroxylation is 1. The maximum Gasteiger partial charge on any atom is 0.254 e. The second-order valence-corrected chi connectivity index (χ2v) is 5.45. The molecule has 1 saturated heterocycles. The first-order chi connectivity index (χ1) is 10.0. The molecule has 0 aliphatic carbocycles. The van der Waals surface area contributed by atoms with Gasteiger partial charge in [0, 0.05) is 43.9 Å². The molecule has 2 rings (SSSR count). The molecule has 0 aromatic heterocycles. The Morgan fingerprint density at radius 1 is 1.14 bits per heavy atom. The molecule has 0 saturated carbocycles. The normalized spacial score (nSPS) is 15.7. The maximum absolute atomic E-state index is 12.6. The molecule has 2 amide bonds. The van der Waals surface area contributed by atoms with E-state index in [0.717, 1.165) is 18.5 Å². The van der Waals surface area contributed by atoms with E-state index in [1.807, 2.05) is 29.7 Å². The standard InChI is InChI=1S/C16H23N3O2/c1-3-15(20)18-7-4-8-19(10-9-18)16(21)14-6-5-13(17)11-12(14)2/h5-6,11H,3-4,7-10,17H2,1-2H3. The highest BCUT2D eigenvalue weighted by Gasteiger charge is 2.22. The molecular formula is C16H23N3O2. The van der Waals surface area contributed by atoms with Crippen molar-refractivity contribution in [1.29, 1.82) is 0 Å². The SMILES string of the molecule is CCC(=O)N1CCCN(C(=O)c2ccc(N)cc2C)CC1. The summed E-state index contributed by atoms with van der Waals surface area (Å²) in [5.74, 6) is 0.186. The van der Waals surface area contributed by atoms with Gasteiger partial charge in [0.1, 0.15) is 0 Å². The van der Waals surface area contributed by atoms with E-state index in [4.69, 9.17) is 5.73 Å². The summed E-state index contributed by atoms with van der Waals surface area (Å²) in [6.45, 7) is 6.40. The van der Waals surface area contributed by atoms with Gasteiger partial charge in [-0.15, -0.1) is 0 Å². The van der Waals surface area contributed by atoms with Crippen LogP contribution in [0.3, 0.4) is 0 Å². The Balaban J connectivity index is 2.08. The largest absolute Gasteiger partial charge is 0.399 e. The summed E-state index contributed by atoms with van der Waals surface area (Å²) < 4.78 is 0. The number of nitrogens with zero attached hydrogens (tertiary/aromatic N) is 2. The van der Waals surface area contributed by atoms with Crippen LogP contribution in [0.1, 0.15) is 35.7 Å². The Labute approximate surface area is 125 Å². The second-order valence-electron chi connectivity index (χ2n) is 5.45. The first-order valence-corrected chi connectivity index (χ1v) is 7.46. The van der Waals surface area contributed by atoms with E-state index in [1.165, 1.54) is 0 Å². The number of carbonyl (C=O) groups excluding carboxylic acids is 2. The van der Waals surface area contributed by atoms with Gasteiger partial charge in [-0.2, -0.15) is 0 Å². The Morgan fingerprint density at radius 3 is 2.48 bits per heavy atom. The number of nitrogens with two attached hydrogens (primary N) is 1. The number of nitrogen functional groups attached to an aromatic ring is 1. The van der Waals surface area contributed by atoms with Gasteiger partial charge in [0.25, 0.3) is 5.91 Å². The molecule has 2 N–H and O–H groups in total. The van der Waals surface area contributed by atoms with Crippen molar-refractivity contribution in [1.82, 2.24) is 9.80 Å². The number of anilines is 1. The molecule has 21 heavy (non-hydrogen) atoms. The fourth-order valence-corrected chi connectivity index (χ4v) is 2.69. The smallest absolute Gasteiger partial charge is 0.254 e. The summed E-state index contributed by atoms with van der Waals surface area (Å²) >= 11 is 0. The molecule has 114 valence electrons. The van der Waals surface area contributed by atoms with Crippen molar-refractivity contribution in [2.24, 2.45) is 0 Å². The van der Waals surface area contributed by atoms with Gasteiger partial charge >= 0.3 is 0 Å². The molecule has 1 aliphatic rings. The summed E-state index contributed by atoms with van der Waals surface area (Å²) in [7, 11) is 0. The average molecular weight is 289 g/mol. The average Bonchev–Trinajstić information content (AvgIpc) is 2.71. The molecule has 1 heterocycles. The van der Waals surface area contributed by atoms with E-state index >= 15 is 0 Å². The van der Waals surface area contributed by atoms with Crippen molar-refractivity contribution in [2.75, 3.05) is 31.9 Å². The van der Waals surface area contributed by atoms with Crippen molar-refractivity contribution in [3.63, 3.8) is 0 Å². The maximum atomic E-state index is 12.6. The molecule has 1 aromatic carbocycles. The number of amides is 2. The van der Waals surface area contributed by atoms with Crippen LogP contribution in [-0.4, -0.2) is 47.8 Å². The molecule has 1 aliphatic heterocycles. The van der Waals surface area contributed by atoms with Crippen molar-refractivity contribution in [3.8, 4) is 0 Å². The lowest BCUT2D eigenvalue weighted by atomic mass is 10.1. The fourth-order valence-electron chi connectivity index (χ4n) is 2.69. The highest BCUT2D eigenvalue weighted by Crippen LogP contribution is 2.16. The summed E-state index contributed by atoms with van der Waals surface area (Å²) in [4.78, 5) is 28.1. The molecular weight excluding hydrogens is 266 g/mol. The Morgan fingerprint density at radius 2 is 1.81 bits per heavy atom. The van der Waals surface area contributed by atoms with Crippen LogP contribution in [-0.2, 0) is 4.79 Å². The van der Waals surface area contributed by atoms with E-state index in [2.05, 4.69) is 0 Å². The minimum atomic E-state index is 0.0262. The van der Waals surface area contributed by atoms with Gasteiger partial charge in [0.05, 0.1) is 0 Å². The number of carbonyl (C=O) groups is 2. The lowest BCUT2D eigenvalue weighted by Crippen LogP contribution is -2.37. The van der Waals surface area contributed by atoms with E-state index in [1.54, 1.807) is 12.1 Å². The minimum absolute atomic E-state index is 0.0262. The first-order valence-electron chi connectivity index (χ1n) is 7.46. The van der Waals surface area contributed by atoms with E-state index < -0.39 is 0 Å². The van der Waals surface area contributed by atoms with Gasteiger partial charge in [0.2, 0.25) is 5.91 Å². The van der Waals surface area contributed by atoms with Crippen LogP contribution in [0.5, 0.6) is 0 Å². The molecule has 0 unspecified atom stereocenters. The van der Waals surface area contributed by atoms with E-state index in [-0.39, 0.29) is 11.8 Å². The third kappa shape index (κ3) is 3.54. The zero-order valence-corrected chi connectivity index (χ0v) is 12.8. The van der Waals surface area contributed by atoms with Crippen molar-refractivity contribution >= 4 is 17.5 Å². The monoisotopic (exact) mass is 289 g/mol. The highest BCUT2D eigenvalue weighted by atomic mass is 16.2. The summed E-state index contributed by atoms with van der Waals surface area (Å²) in [5.41, 5.74) is 7.98. The molecule has 1 aromatic rings. The summed E-state index contributed by atoms with van der Waals surface area (Å²) in [6, 6.07) is 5.36. The van der Waals surface area contributed by atoms with Gasteiger partial charge < -0.3 is 15.5 Å². The first kappa shape index (κ1) is 15.4. The number of rotatable bonds is 2. The van der Waals surface area contributed by atoms with Crippen LogP contribution < -0.4 is 5.73 Å². The Bertz CT molecular complexity index is 542. The second kappa shape index (κ2) is 6.61. The van der Waals surface area contributed by atoms with Crippen molar-refractivity contribution in [2.45, 2.75) is 26.7 Å². The van der Waals surface area contributed by atoms with Gasteiger partial charge in [-0.1, -0.05) is 6.92 Å². The molecule has 5 heteroatoms. The predicted octanol–water partition coefficient (Wildman–Crippen LogP) is 1.66. The van der Waals surface area contributed by atoms with Crippen LogP contribution in [0.2, 0.25) is 0 Å². The summed E-state index contributed by atoms with van der Waals surface area (Å²) in [5, 5.41) is 0. The summed E-state index contributed by atoms with van der Waals surface area (Å²) in [6.07, 6.45) is 1.34. The number of benzene rings is 1. The zero-order valence-electron chi connectivity index (χ0n) is 12.8. The zero-order chi connectivity index (χ0) is 15.4. The van der Waals surface area contributed by atoms with Crippen LogP contribution in [0, 0.1) is 6.92 Å². The molecule has 5 nitrogen and oxygen atoms in total. The third-order valence-electron chi connectivity index (χ3n) is 3.92. The quantitative estimate of drug-likeness (QED) is 0.842. The van der Waals surface area contributed by atoms with E-state index in [9.17, 15) is 9.59 Å². The van der Waals surface area contributed by atoms with Gasteiger partial charge in [0.15, 0.2) is 0 Å². The lowest BCUT2D eigenvalue weighted by molar-refractivity contribution is -0.130. The Hall–Kier alpha value is -2.04. The van der Waals surface area contributed by atoms with Crippen LogP contribution >= 0.6 is 0 Å². The predicted molar refractivity (Wildman–Crippen MR) is 83.0 cm³/mol. The fraction of sp³-hybridized carbons (Fsp3) is 0.500. The topological polar surface area (TPSA) is 66.6 Å². The van der Waals surface area contributed by atoms with Crippen LogP contribution in [0.25, 0.3) is 0 Å². The van der Waals surface area contributed by atoms with Crippen LogP contribution in [0.4, 0.5) is 5.69 Å².